The highest BCUT2D eigenvalue weighted by Gasteiger charge is 2.23. The summed E-state index contributed by atoms with van der Waals surface area (Å²) in [5, 5.41) is 9.71. The molecular weight excluding hydrogens is 234 g/mol. The number of fused-ring (bicyclic) bond motifs is 1. The van der Waals surface area contributed by atoms with Gasteiger partial charge >= 0.3 is 0 Å². The van der Waals surface area contributed by atoms with Gasteiger partial charge < -0.3 is 15.4 Å². The van der Waals surface area contributed by atoms with Crippen LogP contribution in [0.15, 0.2) is 11.1 Å². The minimum absolute atomic E-state index is 0.0885. The van der Waals surface area contributed by atoms with E-state index in [9.17, 15) is 9.90 Å². The van der Waals surface area contributed by atoms with Gasteiger partial charge in [0.05, 0.1) is 12.4 Å². The standard InChI is InChI=1S/C11H15N5O2/c12-11-14-9-8(10(18)15-11)13-5-16(9)6-2-1-3-7(17)4-6/h5-7,17H,1-4H2,(H3,12,14,15,18). The topological polar surface area (TPSA) is 110 Å². The second-order valence-electron chi connectivity index (χ2n) is 4.75. The number of nitrogen functional groups attached to an aromatic ring is 1. The SMILES string of the molecule is Nc1nc2c(ncn2C2CCCC(O)C2)c(=O)[nH]1. The highest BCUT2D eigenvalue weighted by atomic mass is 16.3. The maximum Gasteiger partial charge on any atom is 0.280 e. The highest BCUT2D eigenvalue weighted by Crippen LogP contribution is 2.30. The number of rotatable bonds is 1. The molecule has 1 fully saturated rings. The van der Waals surface area contributed by atoms with Crippen LogP contribution in [0.3, 0.4) is 0 Å². The van der Waals surface area contributed by atoms with Crippen molar-refractivity contribution in [3.63, 3.8) is 0 Å². The number of aromatic nitrogens is 4. The van der Waals surface area contributed by atoms with Crippen LogP contribution in [-0.4, -0.2) is 30.7 Å². The molecule has 1 aliphatic carbocycles. The van der Waals surface area contributed by atoms with Crippen molar-refractivity contribution in [3.8, 4) is 0 Å². The number of aliphatic hydroxyl groups is 1. The molecule has 4 N–H and O–H groups in total. The van der Waals surface area contributed by atoms with Gasteiger partial charge in [0.25, 0.3) is 5.56 Å². The number of hydrogen-bond acceptors (Lipinski definition) is 5. The molecule has 96 valence electrons. The van der Waals surface area contributed by atoms with Gasteiger partial charge in [0.15, 0.2) is 11.2 Å². The van der Waals surface area contributed by atoms with Gasteiger partial charge in [-0.25, -0.2) is 4.98 Å². The summed E-state index contributed by atoms with van der Waals surface area (Å²) >= 11 is 0. The zero-order valence-electron chi connectivity index (χ0n) is 9.83. The Kier molecular flexibility index (Phi) is 2.55. The van der Waals surface area contributed by atoms with Gasteiger partial charge in [-0.05, 0) is 25.7 Å². The molecule has 3 rings (SSSR count). The van der Waals surface area contributed by atoms with Crippen molar-refractivity contribution in [2.45, 2.75) is 37.8 Å². The molecule has 2 aromatic heterocycles. The molecule has 0 saturated heterocycles. The normalized spacial score (nSPS) is 24.5. The summed E-state index contributed by atoms with van der Waals surface area (Å²) < 4.78 is 1.85. The lowest BCUT2D eigenvalue weighted by molar-refractivity contribution is 0.105. The van der Waals surface area contributed by atoms with Crippen LogP contribution in [0.5, 0.6) is 0 Å². The second kappa shape index (κ2) is 4.09. The molecule has 2 heterocycles. The van der Waals surface area contributed by atoms with Crippen LogP contribution in [-0.2, 0) is 0 Å². The minimum atomic E-state index is -0.326. The maximum absolute atomic E-state index is 11.7. The number of imidazole rings is 1. The van der Waals surface area contributed by atoms with Crippen LogP contribution in [0.4, 0.5) is 5.95 Å². The molecule has 7 nitrogen and oxygen atoms in total. The molecule has 0 aliphatic heterocycles. The quantitative estimate of drug-likeness (QED) is 0.667. The van der Waals surface area contributed by atoms with E-state index in [1.165, 1.54) is 0 Å². The van der Waals surface area contributed by atoms with E-state index in [4.69, 9.17) is 5.73 Å². The molecule has 2 unspecified atom stereocenters. The van der Waals surface area contributed by atoms with Gasteiger partial charge in [-0.1, -0.05) is 0 Å². The summed E-state index contributed by atoms with van der Waals surface area (Å²) in [5.41, 5.74) is 6.02. The van der Waals surface area contributed by atoms with Gasteiger partial charge in [-0.15, -0.1) is 0 Å². The average molecular weight is 249 g/mol. The zero-order chi connectivity index (χ0) is 12.7. The fourth-order valence-corrected chi connectivity index (χ4v) is 2.60. The molecule has 1 aliphatic rings. The van der Waals surface area contributed by atoms with Crippen LogP contribution in [0.2, 0.25) is 0 Å². The van der Waals surface area contributed by atoms with Crippen molar-refractivity contribution in [1.82, 2.24) is 19.5 Å². The number of H-pyrrole nitrogens is 1. The van der Waals surface area contributed by atoms with Crippen LogP contribution in [0.25, 0.3) is 11.2 Å². The van der Waals surface area contributed by atoms with E-state index in [-0.39, 0.29) is 23.7 Å². The summed E-state index contributed by atoms with van der Waals surface area (Å²) in [4.78, 5) is 22.3. The summed E-state index contributed by atoms with van der Waals surface area (Å²) in [6.07, 6.45) is 4.73. The van der Waals surface area contributed by atoms with Gasteiger partial charge in [-0.3, -0.25) is 9.78 Å². The van der Waals surface area contributed by atoms with Crippen molar-refractivity contribution >= 4 is 17.1 Å². The largest absolute Gasteiger partial charge is 0.393 e. The van der Waals surface area contributed by atoms with Crippen molar-refractivity contribution in [3.05, 3.63) is 16.7 Å². The van der Waals surface area contributed by atoms with E-state index in [0.717, 1.165) is 19.3 Å². The zero-order valence-corrected chi connectivity index (χ0v) is 9.83. The first-order chi connectivity index (χ1) is 8.65. The second-order valence-corrected chi connectivity index (χ2v) is 4.75. The number of nitrogens with one attached hydrogen (secondary N) is 1. The Morgan fingerprint density at radius 3 is 3.11 bits per heavy atom. The van der Waals surface area contributed by atoms with E-state index < -0.39 is 0 Å². The lowest BCUT2D eigenvalue weighted by Gasteiger charge is -2.26. The maximum atomic E-state index is 11.7. The van der Waals surface area contributed by atoms with Crippen LogP contribution >= 0.6 is 0 Å². The summed E-state index contributed by atoms with van der Waals surface area (Å²) in [6.45, 7) is 0. The monoisotopic (exact) mass is 249 g/mol. The first-order valence-electron chi connectivity index (χ1n) is 6.05. The Balaban J connectivity index is 2.09. The summed E-state index contributed by atoms with van der Waals surface area (Å²) in [7, 11) is 0. The molecule has 0 amide bonds. The van der Waals surface area contributed by atoms with Gasteiger partial charge in [0.2, 0.25) is 5.95 Å². The number of nitrogens with zero attached hydrogens (tertiary/aromatic N) is 3. The van der Waals surface area contributed by atoms with Gasteiger partial charge in [0.1, 0.15) is 0 Å². The van der Waals surface area contributed by atoms with Crippen molar-refractivity contribution < 1.29 is 5.11 Å². The van der Waals surface area contributed by atoms with E-state index in [2.05, 4.69) is 15.0 Å². The molecule has 2 atom stereocenters. The number of nitrogens with two attached hydrogens (primary N) is 1. The molecular formula is C11H15N5O2. The molecule has 0 aromatic carbocycles. The number of hydrogen-bond donors (Lipinski definition) is 3. The Bertz CT molecular complexity index is 632. The molecule has 0 radical (unpaired) electrons. The third-order valence-electron chi connectivity index (χ3n) is 3.46. The Morgan fingerprint density at radius 2 is 2.33 bits per heavy atom. The molecule has 0 spiro atoms. The predicted molar refractivity (Wildman–Crippen MR) is 66.1 cm³/mol. The van der Waals surface area contributed by atoms with Crippen LogP contribution in [0, 0.1) is 0 Å². The molecule has 7 heteroatoms. The minimum Gasteiger partial charge on any atom is -0.393 e. The smallest absolute Gasteiger partial charge is 0.280 e. The van der Waals surface area contributed by atoms with E-state index in [1.54, 1.807) is 6.33 Å². The Hall–Kier alpha value is -1.89. The van der Waals surface area contributed by atoms with Gasteiger partial charge in [0, 0.05) is 6.04 Å². The first-order valence-corrected chi connectivity index (χ1v) is 6.05. The number of aliphatic hydroxyl groups excluding tert-OH is 1. The lowest BCUT2D eigenvalue weighted by atomic mass is 9.93. The van der Waals surface area contributed by atoms with E-state index >= 15 is 0 Å². The van der Waals surface area contributed by atoms with E-state index in [0.29, 0.717) is 17.6 Å². The third kappa shape index (κ3) is 1.76. The third-order valence-corrected chi connectivity index (χ3v) is 3.46. The van der Waals surface area contributed by atoms with Gasteiger partial charge in [-0.2, -0.15) is 4.98 Å². The summed E-state index contributed by atoms with van der Waals surface area (Å²) in [5.74, 6) is 0.0885. The molecule has 1 saturated carbocycles. The first kappa shape index (κ1) is 11.2. The van der Waals surface area contributed by atoms with Crippen molar-refractivity contribution in [2.24, 2.45) is 0 Å². The van der Waals surface area contributed by atoms with Crippen molar-refractivity contribution in [2.75, 3.05) is 5.73 Å². The van der Waals surface area contributed by atoms with Crippen LogP contribution < -0.4 is 11.3 Å². The Morgan fingerprint density at radius 1 is 1.50 bits per heavy atom. The van der Waals surface area contributed by atoms with Crippen molar-refractivity contribution in [1.29, 1.82) is 0 Å². The molecule has 18 heavy (non-hydrogen) atoms. The Labute approximate surface area is 103 Å². The van der Waals surface area contributed by atoms with E-state index in [1.807, 2.05) is 4.57 Å². The predicted octanol–water partition coefficient (Wildman–Crippen LogP) is 0.178. The fourth-order valence-electron chi connectivity index (χ4n) is 2.60. The summed E-state index contributed by atoms with van der Waals surface area (Å²) in [6, 6.07) is 0.132. The number of aromatic amines is 1. The fraction of sp³-hybridized carbons (Fsp3) is 0.545. The molecule has 0 bridgehead atoms. The van der Waals surface area contributed by atoms with Crippen LogP contribution in [0.1, 0.15) is 31.7 Å². The highest BCUT2D eigenvalue weighted by molar-refractivity contribution is 5.70. The average Bonchev–Trinajstić information content (AvgIpc) is 2.72. The number of anilines is 1. The lowest BCUT2D eigenvalue weighted by Crippen LogP contribution is -2.22. The molecule has 2 aromatic rings.